The van der Waals surface area contributed by atoms with E-state index in [1.165, 1.54) is 4.90 Å². The van der Waals surface area contributed by atoms with E-state index >= 15 is 0 Å². The van der Waals surface area contributed by atoms with Gasteiger partial charge in [0.25, 0.3) is 0 Å². The van der Waals surface area contributed by atoms with Gasteiger partial charge in [-0.3, -0.25) is 4.98 Å². The summed E-state index contributed by atoms with van der Waals surface area (Å²) in [6.45, 7) is 6.69. The summed E-state index contributed by atoms with van der Waals surface area (Å²) in [6, 6.07) is 10.0. The van der Waals surface area contributed by atoms with Crippen LogP contribution < -0.4 is 10.5 Å². The van der Waals surface area contributed by atoms with Gasteiger partial charge in [0.1, 0.15) is 11.5 Å². The Balaban J connectivity index is 2.37. The number of aromatic nitrogens is 1. The van der Waals surface area contributed by atoms with E-state index in [2.05, 4.69) is 24.9 Å². The molecule has 0 amide bonds. The Hall–Kier alpha value is -1.52. The van der Waals surface area contributed by atoms with Crippen molar-refractivity contribution in [2.24, 2.45) is 5.73 Å². The maximum Gasteiger partial charge on any atom is 0.148 e. The zero-order valence-corrected chi connectivity index (χ0v) is 13.7. The maximum absolute atomic E-state index is 6.11. The first-order valence-electron chi connectivity index (χ1n) is 7.28. The standard InChI is InChI=1S/C17H22N2OS/c1-4-14-16(10-9-12(3)19-14)20-15-7-6-8-17(21-5-2)13(15)11-18/h6-10H,4-5,11,18H2,1-3H3. The largest absolute Gasteiger partial charge is 0.455 e. The number of thioether (sulfide) groups is 1. The smallest absolute Gasteiger partial charge is 0.148 e. The number of ether oxygens (including phenoxy) is 1. The van der Waals surface area contributed by atoms with E-state index in [9.17, 15) is 0 Å². The molecule has 3 nitrogen and oxygen atoms in total. The number of hydrogen-bond acceptors (Lipinski definition) is 4. The molecule has 0 spiro atoms. The Labute approximate surface area is 130 Å². The number of benzene rings is 1. The van der Waals surface area contributed by atoms with Crippen molar-refractivity contribution in [3.8, 4) is 11.5 Å². The van der Waals surface area contributed by atoms with Gasteiger partial charge in [-0.05, 0) is 43.4 Å². The summed E-state index contributed by atoms with van der Waals surface area (Å²) in [5, 5.41) is 0. The van der Waals surface area contributed by atoms with Gasteiger partial charge in [0, 0.05) is 22.7 Å². The van der Waals surface area contributed by atoms with E-state index in [1.807, 2.05) is 31.2 Å². The van der Waals surface area contributed by atoms with Crippen LogP contribution in [0, 0.1) is 6.92 Å². The summed E-state index contributed by atoms with van der Waals surface area (Å²) >= 11 is 1.79. The van der Waals surface area contributed by atoms with Gasteiger partial charge < -0.3 is 10.5 Å². The molecule has 2 aromatic rings. The van der Waals surface area contributed by atoms with Crippen LogP contribution in [-0.2, 0) is 13.0 Å². The van der Waals surface area contributed by atoms with Crippen LogP contribution >= 0.6 is 11.8 Å². The van der Waals surface area contributed by atoms with Crippen LogP contribution in [0.25, 0.3) is 0 Å². The van der Waals surface area contributed by atoms with Crippen molar-refractivity contribution < 1.29 is 4.74 Å². The SMILES string of the molecule is CCSc1cccc(Oc2ccc(C)nc2CC)c1CN. The Kier molecular flexibility index (Phi) is 5.65. The minimum atomic E-state index is 0.471. The summed E-state index contributed by atoms with van der Waals surface area (Å²) in [5.41, 5.74) is 8.97. The van der Waals surface area contributed by atoms with Crippen LogP contribution in [0.3, 0.4) is 0 Å². The molecule has 0 aliphatic rings. The molecule has 112 valence electrons. The number of rotatable bonds is 6. The van der Waals surface area contributed by atoms with Gasteiger partial charge in [-0.2, -0.15) is 0 Å². The van der Waals surface area contributed by atoms with Crippen LogP contribution in [0.15, 0.2) is 35.2 Å². The van der Waals surface area contributed by atoms with Crippen molar-refractivity contribution >= 4 is 11.8 Å². The topological polar surface area (TPSA) is 48.1 Å². The van der Waals surface area contributed by atoms with Crippen molar-refractivity contribution in [1.29, 1.82) is 0 Å². The molecule has 2 rings (SSSR count). The molecule has 0 bridgehead atoms. The third-order valence-electron chi connectivity index (χ3n) is 3.22. The summed E-state index contributed by atoms with van der Waals surface area (Å²) < 4.78 is 6.11. The lowest BCUT2D eigenvalue weighted by Gasteiger charge is -2.15. The normalized spacial score (nSPS) is 10.7. The summed E-state index contributed by atoms with van der Waals surface area (Å²) in [7, 11) is 0. The van der Waals surface area contributed by atoms with E-state index in [4.69, 9.17) is 10.5 Å². The molecule has 1 aromatic heterocycles. The van der Waals surface area contributed by atoms with E-state index in [1.54, 1.807) is 11.8 Å². The fourth-order valence-electron chi connectivity index (χ4n) is 2.20. The van der Waals surface area contributed by atoms with Gasteiger partial charge in [-0.1, -0.05) is 19.9 Å². The molecule has 1 heterocycles. The molecule has 2 N–H and O–H groups in total. The van der Waals surface area contributed by atoms with Crippen LogP contribution in [0.5, 0.6) is 11.5 Å². The predicted octanol–water partition coefficient (Wildman–Crippen LogP) is 4.32. The molecule has 0 aliphatic carbocycles. The van der Waals surface area contributed by atoms with Gasteiger partial charge in [-0.25, -0.2) is 0 Å². The highest BCUT2D eigenvalue weighted by Crippen LogP contribution is 2.33. The molecule has 0 fully saturated rings. The lowest BCUT2D eigenvalue weighted by atomic mass is 10.2. The molecule has 1 aromatic carbocycles. The van der Waals surface area contributed by atoms with Gasteiger partial charge in [0.2, 0.25) is 0 Å². The molecule has 0 unspecified atom stereocenters. The highest BCUT2D eigenvalue weighted by molar-refractivity contribution is 7.99. The van der Waals surface area contributed by atoms with Crippen molar-refractivity contribution in [2.75, 3.05) is 5.75 Å². The minimum Gasteiger partial charge on any atom is -0.455 e. The molecule has 4 heteroatoms. The average molecular weight is 302 g/mol. The second-order valence-electron chi connectivity index (χ2n) is 4.72. The number of nitrogens with zero attached hydrogens (tertiary/aromatic N) is 1. The van der Waals surface area contributed by atoms with Crippen LogP contribution in [-0.4, -0.2) is 10.7 Å². The highest BCUT2D eigenvalue weighted by atomic mass is 32.2. The van der Waals surface area contributed by atoms with Gasteiger partial charge in [0.05, 0.1) is 5.69 Å². The minimum absolute atomic E-state index is 0.471. The average Bonchev–Trinajstić information content (AvgIpc) is 2.49. The zero-order chi connectivity index (χ0) is 15.2. The predicted molar refractivity (Wildman–Crippen MR) is 89.2 cm³/mol. The Morgan fingerprint density at radius 3 is 2.62 bits per heavy atom. The van der Waals surface area contributed by atoms with Gasteiger partial charge >= 0.3 is 0 Å². The first-order valence-corrected chi connectivity index (χ1v) is 8.27. The molecule has 0 saturated carbocycles. The Morgan fingerprint density at radius 1 is 1.14 bits per heavy atom. The third-order valence-corrected chi connectivity index (χ3v) is 4.20. The number of pyridine rings is 1. The van der Waals surface area contributed by atoms with Crippen LogP contribution in [0.1, 0.15) is 30.8 Å². The first kappa shape index (κ1) is 15.9. The molecule has 0 atom stereocenters. The third kappa shape index (κ3) is 3.77. The first-order chi connectivity index (χ1) is 10.2. The lowest BCUT2D eigenvalue weighted by Crippen LogP contribution is -2.03. The van der Waals surface area contributed by atoms with Crippen molar-refractivity contribution in [2.45, 2.75) is 38.6 Å². The summed E-state index contributed by atoms with van der Waals surface area (Å²) in [5.74, 6) is 2.66. The Bertz CT molecular complexity index is 614. The summed E-state index contributed by atoms with van der Waals surface area (Å²) in [6.07, 6.45) is 0.846. The second-order valence-corrected chi connectivity index (χ2v) is 6.03. The Morgan fingerprint density at radius 2 is 1.95 bits per heavy atom. The number of hydrogen-bond donors (Lipinski definition) is 1. The van der Waals surface area contributed by atoms with E-state index in [-0.39, 0.29) is 0 Å². The van der Waals surface area contributed by atoms with Crippen molar-refractivity contribution in [1.82, 2.24) is 4.98 Å². The monoisotopic (exact) mass is 302 g/mol. The number of nitrogens with two attached hydrogens (primary N) is 1. The van der Waals surface area contributed by atoms with Gasteiger partial charge in [-0.15, -0.1) is 11.8 Å². The van der Waals surface area contributed by atoms with E-state index in [0.29, 0.717) is 6.54 Å². The fourth-order valence-corrected chi connectivity index (χ4v) is 3.04. The quantitative estimate of drug-likeness (QED) is 0.808. The van der Waals surface area contributed by atoms with Crippen LogP contribution in [0.2, 0.25) is 0 Å². The zero-order valence-electron chi connectivity index (χ0n) is 12.8. The fraction of sp³-hybridized carbons (Fsp3) is 0.353. The van der Waals surface area contributed by atoms with E-state index in [0.717, 1.165) is 40.6 Å². The summed E-state index contributed by atoms with van der Waals surface area (Å²) in [4.78, 5) is 5.73. The van der Waals surface area contributed by atoms with Gasteiger partial charge in [0.15, 0.2) is 0 Å². The second kappa shape index (κ2) is 7.48. The molecule has 21 heavy (non-hydrogen) atoms. The van der Waals surface area contributed by atoms with Crippen molar-refractivity contribution in [3.05, 3.63) is 47.3 Å². The highest BCUT2D eigenvalue weighted by Gasteiger charge is 2.11. The molecule has 0 aliphatic heterocycles. The van der Waals surface area contributed by atoms with Crippen molar-refractivity contribution in [3.63, 3.8) is 0 Å². The molecule has 0 radical (unpaired) electrons. The number of aryl methyl sites for hydroxylation is 2. The molecular formula is C17H22N2OS. The molecule has 0 saturated heterocycles. The van der Waals surface area contributed by atoms with Crippen LogP contribution in [0.4, 0.5) is 0 Å². The lowest BCUT2D eigenvalue weighted by molar-refractivity contribution is 0.465. The maximum atomic E-state index is 6.11. The molecular weight excluding hydrogens is 280 g/mol. The van der Waals surface area contributed by atoms with E-state index < -0.39 is 0 Å².